The molecule has 126 valence electrons. The van der Waals surface area contributed by atoms with Gasteiger partial charge >= 0.3 is 0 Å². The highest BCUT2D eigenvalue weighted by molar-refractivity contribution is 7.98. The Morgan fingerprint density at radius 1 is 0.960 bits per heavy atom. The highest BCUT2D eigenvalue weighted by Gasteiger charge is 2.12. The lowest BCUT2D eigenvalue weighted by Gasteiger charge is -2.12. The molecule has 0 heterocycles. The second-order valence-corrected chi connectivity index (χ2v) is 6.34. The van der Waals surface area contributed by atoms with E-state index in [1.54, 1.807) is 17.8 Å². The Bertz CT molecular complexity index is 849. The number of amides is 1. The maximum Gasteiger partial charge on any atom is 0.259 e. The van der Waals surface area contributed by atoms with Gasteiger partial charge in [-0.1, -0.05) is 48.5 Å². The van der Waals surface area contributed by atoms with E-state index in [0.717, 1.165) is 16.1 Å². The first kappa shape index (κ1) is 17.1. The van der Waals surface area contributed by atoms with Crippen molar-refractivity contribution in [1.29, 1.82) is 0 Å². The van der Waals surface area contributed by atoms with Gasteiger partial charge in [-0.15, -0.1) is 11.8 Å². The monoisotopic (exact) mass is 349 g/mol. The number of benzene rings is 3. The Morgan fingerprint density at radius 2 is 1.72 bits per heavy atom. The van der Waals surface area contributed by atoms with E-state index in [4.69, 9.17) is 4.74 Å². The Balaban J connectivity index is 1.74. The normalized spacial score (nSPS) is 10.3. The van der Waals surface area contributed by atoms with Crippen molar-refractivity contribution >= 4 is 23.4 Å². The molecule has 0 aliphatic rings. The molecule has 0 aliphatic carbocycles. The highest BCUT2D eigenvalue weighted by Crippen LogP contribution is 2.23. The molecule has 0 saturated heterocycles. The van der Waals surface area contributed by atoms with Crippen LogP contribution in [0, 0.1) is 0 Å². The fourth-order valence-electron chi connectivity index (χ4n) is 2.41. The first-order valence-corrected chi connectivity index (χ1v) is 9.20. The lowest BCUT2D eigenvalue weighted by molar-refractivity contribution is 0.102. The number of hydrogen-bond acceptors (Lipinski definition) is 3. The van der Waals surface area contributed by atoms with Crippen LogP contribution < -0.4 is 10.1 Å². The second kappa shape index (κ2) is 8.40. The number of carbonyl (C=O) groups is 1. The molecule has 1 amide bonds. The van der Waals surface area contributed by atoms with Crippen LogP contribution in [0.3, 0.4) is 0 Å². The molecule has 0 fully saturated rings. The first-order valence-electron chi connectivity index (χ1n) is 7.97. The summed E-state index contributed by atoms with van der Waals surface area (Å²) in [6, 6.07) is 25.0. The number of para-hydroxylation sites is 1. The fraction of sp³-hybridized carbons (Fsp3) is 0.0952. The summed E-state index contributed by atoms with van der Waals surface area (Å²) in [6.45, 7) is 0.424. The van der Waals surface area contributed by atoms with Crippen molar-refractivity contribution in [1.82, 2.24) is 0 Å². The summed E-state index contributed by atoms with van der Waals surface area (Å²) in [5.74, 6) is 0.395. The second-order valence-electron chi connectivity index (χ2n) is 5.46. The number of carbonyl (C=O) groups excluding carboxylic acids is 1. The van der Waals surface area contributed by atoms with E-state index in [9.17, 15) is 4.79 Å². The Kier molecular flexibility index (Phi) is 5.75. The molecule has 0 atom stereocenters. The largest absolute Gasteiger partial charge is 0.488 e. The maximum absolute atomic E-state index is 12.6. The van der Waals surface area contributed by atoms with E-state index in [0.29, 0.717) is 17.9 Å². The molecule has 25 heavy (non-hydrogen) atoms. The van der Waals surface area contributed by atoms with Gasteiger partial charge in [-0.25, -0.2) is 0 Å². The predicted octanol–water partition coefficient (Wildman–Crippen LogP) is 5.24. The molecular formula is C21H19NO2S. The third kappa shape index (κ3) is 4.64. The van der Waals surface area contributed by atoms with E-state index < -0.39 is 0 Å². The summed E-state index contributed by atoms with van der Waals surface area (Å²) in [5.41, 5.74) is 2.35. The molecule has 0 radical (unpaired) electrons. The molecule has 3 rings (SSSR count). The summed E-state index contributed by atoms with van der Waals surface area (Å²) in [6.07, 6.45) is 2.01. The van der Waals surface area contributed by atoms with Crippen LogP contribution in [0.25, 0.3) is 0 Å². The molecular weight excluding hydrogens is 330 g/mol. The summed E-state index contributed by atoms with van der Waals surface area (Å²) in [7, 11) is 0. The van der Waals surface area contributed by atoms with Gasteiger partial charge in [0.1, 0.15) is 12.4 Å². The van der Waals surface area contributed by atoms with Gasteiger partial charge in [0.15, 0.2) is 0 Å². The quantitative estimate of drug-likeness (QED) is 0.619. The lowest BCUT2D eigenvalue weighted by atomic mass is 10.1. The minimum Gasteiger partial charge on any atom is -0.488 e. The van der Waals surface area contributed by atoms with Crippen molar-refractivity contribution in [2.75, 3.05) is 11.6 Å². The number of hydrogen-bond donors (Lipinski definition) is 1. The van der Waals surface area contributed by atoms with Gasteiger partial charge in [0.05, 0.1) is 5.56 Å². The van der Waals surface area contributed by atoms with Crippen molar-refractivity contribution in [3.63, 3.8) is 0 Å². The van der Waals surface area contributed by atoms with Crippen LogP contribution in [0.1, 0.15) is 15.9 Å². The first-order chi connectivity index (χ1) is 12.3. The van der Waals surface area contributed by atoms with Gasteiger partial charge in [0.25, 0.3) is 5.91 Å². The Labute approximate surface area is 152 Å². The molecule has 0 unspecified atom stereocenters. The van der Waals surface area contributed by atoms with Crippen LogP contribution in [0.2, 0.25) is 0 Å². The van der Waals surface area contributed by atoms with Crippen LogP contribution in [0.4, 0.5) is 5.69 Å². The summed E-state index contributed by atoms with van der Waals surface area (Å²) >= 11 is 1.64. The zero-order valence-electron chi connectivity index (χ0n) is 13.9. The van der Waals surface area contributed by atoms with E-state index in [1.165, 1.54) is 0 Å². The minimum atomic E-state index is -0.179. The van der Waals surface area contributed by atoms with Gasteiger partial charge in [0.2, 0.25) is 0 Å². The van der Waals surface area contributed by atoms with Crippen LogP contribution >= 0.6 is 11.8 Å². The standard InChI is InChI=1S/C21H19NO2S/c1-25-18-11-7-10-17(14-18)22-21(23)19-12-5-6-13-20(19)24-15-16-8-3-2-4-9-16/h2-14H,15H2,1H3,(H,22,23). The van der Waals surface area contributed by atoms with E-state index >= 15 is 0 Å². The van der Waals surface area contributed by atoms with Crippen molar-refractivity contribution in [3.05, 3.63) is 90.0 Å². The summed E-state index contributed by atoms with van der Waals surface area (Å²) in [5, 5.41) is 2.94. The fourth-order valence-corrected chi connectivity index (χ4v) is 2.87. The SMILES string of the molecule is CSc1cccc(NC(=O)c2ccccc2OCc2ccccc2)c1. The topological polar surface area (TPSA) is 38.3 Å². The third-order valence-electron chi connectivity index (χ3n) is 3.70. The van der Waals surface area contributed by atoms with Crippen molar-refractivity contribution < 1.29 is 9.53 Å². The van der Waals surface area contributed by atoms with E-state index in [1.807, 2.05) is 79.1 Å². The number of ether oxygens (including phenoxy) is 1. The highest BCUT2D eigenvalue weighted by atomic mass is 32.2. The third-order valence-corrected chi connectivity index (χ3v) is 4.42. The molecule has 3 aromatic carbocycles. The molecule has 0 aromatic heterocycles. The van der Waals surface area contributed by atoms with Crippen molar-refractivity contribution in [2.45, 2.75) is 11.5 Å². The predicted molar refractivity (Wildman–Crippen MR) is 103 cm³/mol. The molecule has 3 nitrogen and oxygen atoms in total. The summed E-state index contributed by atoms with van der Waals surface area (Å²) < 4.78 is 5.86. The zero-order chi connectivity index (χ0) is 17.5. The van der Waals surface area contributed by atoms with Gasteiger partial charge in [-0.3, -0.25) is 4.79 Å². The maximum atomic E-state index is 12.6. The van der Waals surface area contributed by atoms with E-state index in [-0.39, 0.29) is 5.91 Å². The molecule has 0 aliphatic heterocycles. The van der Waals surface area contributed by atoms with E-state index in [2.05, 4.69) is 5.32 Å². The molecule has 3 aromatic rings. The molecule has 1 N–H and O–H groups in total. The Morgan fingerprint density at radius 3 is 2.52 bits per heavy atom. The van der Waals surface area contributed by atoms with Crippen LogP contribution in [0.5, 0.6) is 5.75 Å². The van der Waals surface area contributed by atoms with Gasteiger partial charge in [-0.05, 0) is 42.2 Å². The molecule has 0 bridgehead atoms. The van der Waals surface area contributed by atoms with Crippen LogP contribution in [-0.2, 0) is 6.61 Å². The number of rotatable bonds is 6. The Hall–Kier alpha value is -2.72. The molecule has 0 saturated carbocycles. The zero-order valence-corrected chi connectivity index (χ0v) is 14.8. The average molecular weight is 349 g/mol. The minimum absolute atomic E-state index is 0.179. The van der Waals surface area contributed by atoms with Crippen molar-refractivity contribution in [3.8, 4) is 5.75 Å². The smallest absolute Gasteiger partial charge is 0.259 e. The van der Waals surface area contributed by atoms with Gasteiger partial charge in [0, 0.05) is 10.6 Å². The van der Waals surface area contributed by atoms with Crippen LogP contribution in [0.15, 0.2) is 83.8 Å². The summed E-state index contributed by atoms with van der Waals surface area (Å²) in [4.78, 5) is 13.8. The average Bonchev–Trinajstić information content (AvgIpc) is 2.67. The molecule has 0 spiro atoms. The van der Waals surface area contributed by atoms with Crippen molar-refractivity contribution in [2.24, 2.45) is 0 Å². The van der Waals surface area contributed by atoms with Gasteiger partial charge < -0.3 is 10.1 Å². The number of anilines is 1. The van der Waals surface area contributed by atoms with Crippen LogP contribution in [-0.4, -0.2) is 12.2 Å². The number of thioether (sulfide) groups is 1. The van der Waals surface area contributed by atoms with Gasteiger partial charge in [-0.2, -0.15) is 0 Å². The number of nitrogens with one attached hydrogen (secondary N) is 1. The lowest BCUT2D eigenvalue weighted by Crippen LogP contribution is -2.13. The molecule has 4 heteroatoms.